The monoisotopic (exact) mass is 277 g/mol. The first-order chi connectivity index (χ1) is 9.61. The third kappa shape index (κ3) is 3.69. The molecular weight excluding hydrogens is 258 g/mol. The highest BCUT2D eigenvalue weighted by atomic mass is 16.6. The Bertz CT molecular complexity index is 512. The molecule has 0 unspecified atom stereocenters. The van der Waals surface area contributed by atoms with E-state index in [0.717, 1.165) is 18.8 Å². The first kappa shape index (κ1) is 14.3. The van der Waals surface area contributed by atoms with Crippen LogP contribution in [0.15, 0.2) is 18.2 Å². The zero-order valence-corrected chi connectivity index (χ0v) is 11.5. The lowest BCUT2D eigenvalue weighted by Gasteiger charge is -2.08. The number of carbonyl (C=O) groups is 1. The highest BCUT2D eigenvalue weighted by Gasteiger charge is 2.20. The number of amides is 1. The lowest BCUT2D eigenvalue weighted by molar-refractivity contribution is -0.384. The topological polar surface area (TPSA) is 84.3 Å². The van der Waals surface area contributed by atoms with Gasteiger partial charge in [-0.15, -0.1) is 0 Å². The number of rotatable bonds is 7. The number of nitrogens with zero attached hydrogens (tertiary/aromatic N) is 1. The lowest BCUT2D eigenvalue weighted by atomic mass is 10.1. The van der Waals surface area contributed by atoms with Crippen molar-refractivity contribution in [2.75, 3.05) is 18.9 Å². The van der Waals surface area contributed by atoms with Crippen LogP contribution >= 0.6 is 0 Å². The first-order valence-electron chi connectivity index (χ1n) is 6.86. The van der Waals surface area contributed by atoms with Gasteiger partial charge in [0.2, 0.25) is 0 Å². The number of anilines is 1. The molecule has 0 atom stereocenters. The van der Waals surface area contributed by atoms with Gasteiger partial charge in [0.15, 0.2) is 0 Å². The molecule has 1 saturated carbocycles. The Balaban J connectivity index is 2.04. The van der Waals surface area contributed by atoms with Crippen molar-refractivity contribution < 1.29 is 9.72 Å². The summed E-state index contributed by atoms with van der Waals surface area (Å²) >= 11 is 0. The van der Waals surface area contributed by atoms with Crippen LogP contribution < -0.4 is 10.6 Å². The van der Waals surface area contributed by atoms with Gasteiger partial charge in [0.25, 0.3) is 11.6 Å². The first-order valence-corrected chi connectivity index (χ1v) is 6.86. The van der Waals surface area contributed by atoms with Crippen LogP contribution in [0.3, 0.4) is 0 Å². The van der Waals surface area contributed by atoms with Crippen LogP contribution in [-0.4, -0.2) is 24.4 Å². The molecule has 0 aromatic heterocycles. The third-order valence-corrected chi connectivity index (χ3v) is 3.48. The van der Waals surface area contributed by atoms with Crippen molar-refractivity contribution in [3.8, 4) is 0 Å². The highest BCUT2D eigenvalue weighted by molar-refractivity contribution is 5.95. The van der Waals surface area contributed by atoms with Crippen LogP contribution in [0.4, 0.5) is 11.4 Å². The summed E-state index contributed by atoms with van der Waals surface area (Å²) in [4.78, 5) is 22.1. The molecule has 6 heteroatoms. The van der Waals surface area contributed by atoms with Crippen molar-refractivity contribution >= 4 is 17.3 Å². The Kier molecular flexibility index (Phi) is 4.55. The van der Waals surface area contributed by atoms with Crippen molar-refractivity contribution in [3.63, 3.8) is 0 Å². The molecule has 0 heterocycles. The minimum Gasteiger partial charge on any atom is -0.379 e. The van der Waals surface area contributed by atoms with Crippen molar-refractivity contribution in [3.05, 3.63) is 33.9 Å². The van der Waals surface area contributed by atoms with Gasteiger partial charge in [-0.05, 0) is 30.9 Å². The van der Waals surface area contributed by atoms with Gasteiger partial charge in [-0.25, -0.2) is 0 Å². The number of hydrogen-bond acceptors (Lipinski definition) is 4. The average molecular weight is 277 g/mol. The minimum atomic E-state index is -0.434. The van der Waals surface area contributed by atoms with E-state index in [1.165, 1.54) is 38.1 Å². The summed E-state index contributed by atoms with van der Waals surface area (Å²) in [5, 5.41) is 16.6. The van der Waals surface area contributed by atoms with E-state index in [-0.39, 0.29) is 11.6 Å². The predicted molar refractivity (Wildman–Crippen MR) is 76.9 cm³/mol. The Labute approximate surface area is 117 Å². The largest absolute Gasteiger partial charge is 0.379 e. The number of nitro groups is 1. The molecule has 0 saturated heterocycles. The second-order valence-corrected chi connectivity index (χ2v) is 5.08. The van der Waals surface area contributed by atoms with E-state index in [9.17, 15) is 14.9 Å². The molecule has 6 nitrogen and oxygen atoms in total. The molecule has 108 valence electrons. The fourth-order valence-corrected chi connectivity index (χ4v) is 2.14. The normalized spacial score (nSPS) is 13.8. The molecular formula is C14H19N3O3. The van der Waals surface area contributed by atoms with Gasteiger partial charge in [-0.2, -0.15) is 0 Å². The smallest absolute Gasteiger partial charge is 0.292 e. The molecule has 2 N–H and O–H groups in total. The van der Waals surface area contributed by atoms with Gasteiger partial charge < -0.3 is 10.6 Å². The maximum atomic E-state index is 11.6. The third-order valence-electron chi connectivity index (χ3n) is 3.48. The second-order valence-electron chi connectivity index (χ2n) is 5.08. The summed E-state index contributed by atoms with van der Waals surface area (Å²) < 4.78 is 0. The second kappa shape index (κ2) is 6.36. The van der Waals surface area contributed by atoms with Gasteiger partial charge in [-0.3, -0.25) is 14.9 Å². The van der Waals surface area contributed by atoms with E-state index >= 15 is 0 Å². The molecule has 0 bridgehead atoms. The van der Waals surface area contributed by atoms with Crippen molar-refractivity contribution in [1.29, 1.82) is 0 Å². The van der Waals surface area contributed by atoms with Crippen LogP contribution in [0.2, 0.25) is 0 Å². The Morgan fingerprint density at radius 1 is 1.45 bits per heavy atom. The number of carbonyl (C=O) groups excluding carboxylic acids is 1. The maximum absolute atomic E-state index is 11.6. The molecule has 2 rings (SSSR count). The summed E-state index contributed by atoms with van der Waals surface area (Å²) in [6.07, 6.45) is 4.78. The van der Waals surface area contributed by atoms with Gasteiger partial charge in [0, 0.05) is 25.2 Å². The predicted octanol–water partition coefficient (Wildman–Crippen LogP) is 2.56. The Hall–Kier alpha value is -2.11. The van der Waals surface area contributed by atoms with Crippen LogP contribution in [0, 0.1) is 16.0 Å². The minimum absolute atomic E-state index is 0.00377. The molecule has 0 spiro atoms. The van der Waals surface area contributed by atoms with E-state index in [1.807, 2.05) is 0 Å². The SMILES string of the molecule is CNC(=O)c1ccc([N+](=O)[O-])c(NCCCC2CC2)c1. The van der Waals surface area contributed by atoms with Crippen molar-refractivity contribution in [1.82, 2.24) is 5.32 Å². The number of nitro benzene ring substituents is 1. The fourth-order valence-electron chi connectivity index (χ4n) is 2.14. The van der Waals surface area contributed by atoms with Gasteiger partial charge in [-0.1, -0.05) is 12.8 Å². The molecule has 1 aliphatic carbocycles. The summed E-state index contributed by atoms with van der Waals surface area (Å²) in [5.74, 6) is 0.602. The summed E-state index contributed by atoms with van der Waals surface area (Å²) in [7, 11) is 1.53. The molecule has 0 radical (unpaired) electrons. The van der Waals surface area contributed by atoms with E-state index in [0.29, 0.717) is 17.8 Å². The number of nitrogens with one attached hydrogen (secondary N) is 2. The van der Waals surface area contributed by atoms with Gasteiger partial charge in [0.1, 0.15) is 5.69 Å². The van der Waals surface area contributed by atoms with E-state index in [1.54, 1.807) is 0 Å². The van der Waals surface area contributed by atoms with Crippen LogP contribution in [-0.2, 0) is 0 Å². The van der Waals surface area contributed by atoms with Crippen molar-refractivity contribution in [2.24, 2.45) is 5.92 Å². The summed E-state index contributed by atoms with van der Waals surface area (Å²) in [6.45, 7) is 0.689. The van der Waals surface area contributed by atoms with Gasteiger partial charge in [0.05, 0.1) is 4.92 Å². The van der Waals surface area contributed by atoms with E-state index < -0.39 is 4.92 Å². The molecule has 1 aliphatic rings. The fraction of sp³-hybridized carbons (Fsp3) is 0.500. The lowest BCUT2D eigenvalue weighted by Crippen LogP contribution is -2.18. The van der Waals surface area contributed by atoms with E-state index in [4.69, 9.17) is 0 Å². The molecule has 1 fully saturated rings. The highest BCUT2D eigenvalue weighted by Crippen LogP contribution is 2.33. The zero-order chi connectivity index (χ0) is 14.5. The number of benzene rings is 1. The average Bonchev–Trinajstić information content (AvgIpc) is 3.26. The van der Waals surface area contributed by atoms with Gasteiger partial charge >= 0.3 is 0 Å². The summed E-state index contributed by atoms with van der Waals surface area (Å²) in [6, 6.07) is 4.37. The van der Waals surface area contributed by atoms with Crippen LogP contribution in [0.5, 0.6) is 0 Å². The maximum Gasteiger partial charge on any atom is 0.292 e. The molecule has 1 aromatic rings. The molecule has 1 aromatic carbocycles. The Morgan fingerprint density at radius 2 is 2.20 bits per heavy atom. The quantitative estimate of drug-likeness (QED) is 0.455. The number of hydrogen-bond donors (Lipinski definition) is 2. The zero-order valence-electron chi connectivity index (χ0n) is 11.5. The van der Waals surface area contributed by atoms with Crippen LogP contribution in [0.25, 0.3) is 0 Å². The standard InChI is InChI=1S/C14H19N3O3/c1-15-14(18)11-6-7-13(17(19)20)12(9-11)16-8-2-3-10-4-5-10/h6-7,9-10,16H,2-5,8H2,1H3,(H,15,18). The summed E-state index contributed by atoms with van der Waals surface area (Å²) in [5.41, 5.74) is 0.832. The van der Waals surface area contributed by atoms with Crippen LogP contribution in [0.1, 0.15) is 36.0 Å². The Morgan fingerprint density at radius 3 is 2.80 bits per heavy atom. The van der Waals surface area contributed by atoms with E-state index in [2.05, 4.69) is 10.6 Å². The van der Waals surface area contributed by atoms with Crippen molar-refractivity contribution in [2.45, 2.75) is 25.7 Å². The molecule has 0 aliphatic heterocycles. The molecule has 1 amide bonds. The molecule has 20 heavy (non-hydrogen) atoms.